The van der Waals surface area contributed by atoms with E-state index in [1.165, 1.54) is 12.3 Å². The number of rotatable bonds is 10. The minimum absolute atomic E-state index is 0.0230. The first-order valence-corrected chi connectivity index (χ1v) is 12.0. The first kappa shape index (κ1) is 28.4. The molecule has 210 valence electrons. The number of ether oxygens (including phenoxy) is 1. The lowest BCUT2D eigenvalue weighted by Crippen LogP contribution is -2.29. The molecule has 2 aromatic heterocycles. The fraction of sp³-hybridized carbons (Fsp3) is 0.222. The van der Waals surface area contributed by atoms with Gasteiger partial charge in [0.2, 0.25) is 5.95 Å². The molecule has 9 nitrogen and oxygen atoms in total. The molecule has 13 heteroatoms. The Morgan fingerprint density at radius 3 is 2.55 bits per heavy atom. The van der Waals surface area contributed by atoms with Crippen LogP contribution in [0.2, 0.25) is 0 Å². The Kier molecular flexibility index (Phi) is 8.24. The zero-order chi connectivity index (χ0) is 29.0. The highest BCUT2D eigenvalue weighted by molar-refractivity contribution is 6.04. The molecule has 0 unspecified atom stereocenters. The van der Waals surface area contributed by atoms with E-state index in [0.29, 0.717) is 18.8 Å². The highest BCUT2D eigenvalue weighted by Gasteiger charge is 2.33. The number of likely N-dealkylation sites (N-methyl/N-ethyl adjacent to an activating group) is 2. The van der Waals surface area contributed by atoms with Gasteiger partial charge in [0.1, 0.15) is 0 Å². The summed E-state index contributed by atoms with van der Waals surface area (Å²) in [6, 6.07) is 11.5. The fourth-order valence-corrected chi connectivity index (χ4v) is 3.93. The number of nitrogens with zero attached hydrogens (tertiary/aromatic N) is 4. The van der Waals surface area contributed by atoms with Crippen molar-refractivity contribution in [1.82, 2.24) is 19.9 Å². The Balaban J connectivity index is 1.77. The Labute approximate surface area is 227 Å². The number of anilines is 4. The van der Waals surface area contributed by atoms with Crippen molar-refractivity contribution < 1.29 is 27.1 Å². The molecule has 2 heterocycles. The summed E-state index contributed by atoms with van der Waals surface area (Å²) in [7, 11) is 5.29. The lowest BCUT2D eigenvalue weighted by atomic mass is 10.1. The Morgan fingerprint density at radius 1 is 1.10 bits per heavy atom. The highest BCUT2D eigenvalue weighted by atomic mass is 19.4. The predicted molar refractivity (Wildman–Crippen MR) is 146 cm³/mol. The van der Waals surface area contributed by atoms with Gasteiger partial charge in [0.15, 0.2) is 11.6 Å². The molecule has 4 aromatic rings. The number of hydrogen-bond donors (Lipinski definition) is 3. The number of aromatic amines is 1. The van der Waals surface area contributed by atoms with Gasteiger partial charge in [-0.3, -0.25) is 4.79 Å². The Morgan fingerprint density at radius 2 is 1.85 bits per heavy atom. The van der Waals surface area contributed by atoms with Crippen LogP contribution in [0.5, 0.6) is 5.75 Å². The van der Waals surface area contributed by atoms with Gasteiger partial charge in [0.05, 0.1) is 22.8 Å². The molecule has 2 aromatic carbocycles. The third-order valence-corrected chi connectivity index (χ3v) is 5.88. The van der Waals surface area contributed by atoms with E-state index < -0.39 is 23.8 Å². The Bertz CT molecular complexity index is 1540. The van der Waals surface area contributed by atoms with Crippen LogP contribution in [0.3, 0.4) is 0 Å². The maximum absolute atomic E-state index is 13.6. The molecule has 0 atom stereocenters. The maximum atomic E-state index is 13.6. The van der Waals surface area contributed by atoms with Gasteiger partial charge in [-0.2, -0.15) is 0 Å². The minimum atomic E-state index is -5.03. The predicted octanol–water partition coefficient (Wildman–Crippen LogP) is 5.69. The normalized spacial score (nSPS) is 11.5. The van der Waals surface area contributed by atoms with Crippen molar-refractivity contribution in [2.24, 2.45) is 0 Å². The number of carbonyl (C=O) groups is 1. The van der Waals surface area contributed by atoms with Crippen molar-refractivity contribution in [2.75, 3.05) is 49.8 Å². The van der Waals surface area contributed by atoms with Crippen LogP contribution >= 0.6 is 0 Å². The van der Waals surface area contributed by atoms with Gasteiger partial charge in [0.25, 0.3) is 5.91 Å². The van der Waals surface area contributed by atoms with E-state index >= 15 is 0 Å². The average Bonchev–Trinajstić information content (AvgIpc) is 3.32. The number of amides is 1. The molecule has 0 spiro atoms. The molecular weight excluding hydrogens is 530 g/mol. The van der Waals surface area contributed by atoms with Crippen LogP contribution in [0.1, 0.15) is 0 Å². The first-order valence-electron chi connectivity index (χ1n) is 12.0. The summed E-state index contributed by atoms with van der Waals surface area (Å²) in [4.78, 5) is 27.4. The SMILES string of the molecule is C=C(F)C(=O)Nc1cc(Nc2nccc(-c3c[nH]c4ccccc34)n2)c(OC(F)(F)F)cc1N(C)CCN(C)C. The van der Waals surface area contributed by atoms with E-state index in [9.17, 15) is 22.4 Å². The molecule has 0 saturated heterocycles. The summed E-state index contributed by atoms with van der Waals surface area (Å²) in [5.74, 6) is -3.04. The minimum Gasteiger partial charge on any atom is -0.403 e. The molecule has 0 aliphatic rings. The number of nitrogens with one attached hydrogen (secondary N) is 3. The maximum Gasteiger partial charge on any atom is 0.573 e. The molecular formula is C27H27F4N7O2. The third-order valence-electron chi connectivity index (χ3n) is 5.88. The quantitative estimate of drug-likeness (QED) is 0.170. The number of alkyl halides is 3. The molecule has 0 radical (unpaired) electrons. The van der Waals surface area contributed by atoms with Gasteiger partial charge in [-0.25, -0.2) is 14.4 Å². The van der Waals surface area contributed by atoms with E-state index in [-0.39, 0.29) is 23.0 Å². The van der Waals surface area contributed by atoms with Crippen LogP contribution < -0.4 is 20.3 Å². The van der Waals surface area contributed by atoms with Crippen LogP contribution in [0.25, 0.3) is 22.2 Å². The van der Waals surface area contributed by atoms with Gasteiger partial charge >= 0.3 is 6.36 Å². The lowest BCUT2D eigenvalue weighted by Gasteiger charge is -2.26. The van der Waals surface area contributed by atoms with Crippen molar-refractivity contribution in [3.8, 4) is 17.0 Å². The zero-order valence-electron chi connectivity index (χ0n) is 21.9. The van der Waals surface area contributed by atoms with Gasteiger partial charge in [-0.05, 0) is 32.3 Å². The molecule has 3 N–H and O–H groups in total. The van der Waals surface area contributed by atoms with E-state index in [2.05, 4.69) is 36.9 Å². The van der Waals surface area contributed by atoms with Crippen molar-refractivity contribution in [1.29, 1.82) is 0 Å². The second-order valence-electron chi connectivity index (χ2n) is 9.14. The van der Waals surface area contributed by atoms with Gasteiger partial charge in [0, 0.05) is 55.1 Å². The number of para-hydroxylation sites is 1. The smallest absolute Gasteiger partial charge is 0.403 e. The Hall–Kier alpha value is -4.65. The number of hydrogen-bond acceptors (Lipinski definition) is 7. The molecule has 0 aliphatic heterocycles. The van der Waals surface area contributed by atoms with Crippen molar-refractivity contribution in [2.45, 2.75) is 6.36 Å². The summed E-state index contributed by atoms with van der Waals surface area (Å²) in [6.07, 6.45) is -1.80. The number of fused-ring (bicyclic) bond motifs is 1. The number of halogens is 4. The number of aromatic nitrogens is 3. The van der Waals surface area contributed by atoms with E-state index in [1.807, 2.05) is 43.3 Å². The van der Waals surface area contributed by atoms with Gasteiger partial charge in [-0.1, -0.05) is 24.8 Å². The molecule has 4 rings (SSSR count). The lowest BCUT2D eigenvalue weighted by molar-refractivity contribution is -0.274. The molecule has 40 heavy (non-hydrogen) atoms. The van der Waals surface area contributed by atoms with Crippen LogP contribution in [-0.4, -0.2) is 66.4 Å². The molecule has 0 bridgehead atoms. The largest absolute Gasteiger partial charge is 0.573 e. The molecule has 0 aliphatic carbocycles. The highest BCUT2D eigenvalue weighted by Crippen LogP contribution is 2.40. The van der Waals surface area contributed by atoms with E-state index in [1.54, 1.807) is 24.2 Å². The van der Waals surface area contributed by atoms with Gasteiger partial charge < -0.3 is 30.2 Å². The summed E-state index contributed by atoms with van der Waals surface area (Å²) >= 11 is 0. The zero-order valence-corrected chi connectivity index (χ0v) is 21.9. The van der Waals surface area contributed by atoms with Crippen LogP contribution in [0, 0.1) is 0 Å². The third kappa shape index (κ3) is 6.86. The monoisotopic (exact) mass is 557 g/mol. The van der Waals surface area contributed by atoms with Crippen LogP contribution in [-0.2, 0) is 4.79 Å². The average molecular weight is 558 g/mol. The van der Waals surface area contributed by atoms with Crippen molar-refractivity contribution in [3.05, 3.63) is 67.3 Å². The topological polar surface area (TPSA) is 98.4 Å². The number of H-pyrrole nitrogens is 1. The van der Waals surface area contributed by atoms with Crippen molar-refractivity contribution >= 4 is 39.8 Å². The molecule has 1 amide bonds. The summed E-state index contributed by atoms with van der Waals surface area (Å²) in [5.41, 5.74) is 2.13. The van der Waals surface area contributed by atoms with Crippen LogP contribution in [0.4, 0.5) is 40.6 Å². The fourth-order valence-electron chi connectivity index (χ4n) is 3.93. The van der Waals surface area contributed by atoms with Crippen molar-refractivity contribution in [3.63, 3.8) is 0 Å². The summed E-state index contributed by atoms with van der Waals surface area (Å²) in [6.45, 7) is 3.91. The van der Waals surface area contributed by atoms with E-state index in [0.717, 1.165) is 22.5 Å². The second-order valence-corrected chi connectivity index (χ2v) is 9.14. The van der Waals surface area contributed by atoms with Gasteiger partial charge in [-0.15, -0.1) is 13.2 Å². The first-order chi connectivity index (χ1) is 18.9. The number of carbonyl (C=O) groups excluding carboxylic acids is 1. The second kappa shape index (κ2) is 11.6. The van der Waals surface area contributed by atoms with Crippen LogP contribution in [0.15, 0.2) is 67.3 Å². The number of benzene rings is 2. The molecule has 0 fully saturated rings. The van der Waals surface area contributed by atoms with E-state index in [4.69, 9.17) is 0 Å². The standard InChI is InChI=1S/C27H27F4N7O2/c1-16(28)25(39)34-21-13-22(24(40-27(29,30)31)14-23(21)38(4)12-11-37(2)3)36-26-32-10-9-20(35-26)18-15-33-19-8-6-5-7-17(18)19/h5-10,13-15,33H,1,11-12H2,2-4H3,(H,34,39)(H,32,35,36). The summed E-state index contributed by atoms with van der Waals surface area (Å²) < 4.78 is 58.2. The summed E-state index contributed by atoms with van der Waals surface area (Å²) in [5, 5.41) is 6.01. The molecule has 0 saturated carbocycles.